The van der Waals surface area contributed by atoms with Crippen LogP contribution in [0.25, 0.3) is 0 Å². The van der Waals surface area contributed by atoms with Crippen molar-refractivity contribution in [3.05, 3.63) is 0 Å². The van der Waals surface area contributed by atoms with Crippen LogP contribution in [0.3, 0.4) is 0 Å². The minimum absolute atomic E-state index is 0. The zero-order valence-corrected chi connectivity index (χ0v) is 8.31. The van der Waals surface area contributed by atoms with E-state index in [4.69, 9.17) is 0 Å². The van der Waals surface area contributed by atoms with Crippen molar-refractivity contribution >= 4 is 20.0 Å². The molecule has 0 aliphatic rings. The Morgan fingerprint density at radius 1 is 0.688 bits per heavy atom. The Morgan fingerprint density at radius 3 is 1.00 bits per heavy atom. The van der Waals surface area contributed by atoms with Crippen LogP contribution in [0.5, 0.6) is 0 Å². The van der Waals surface area contributed by atoms with Gasteiger partial charge in [0.25, 0.3) is 0 Å². The third-order valence-corrected chi connectivity index (χ3v) is 4.22. The third kappa shape index (κ3) is 3.75. The van der Waals surface area contributed by atoms with E-state index < -0.39 is 35.2 Å². The number of primary sulfonamides is 2. The molecule has 0 fully saturated rings. The second-order valence-corrected chi connectivity index (χ2v) is 5.95. The molecule has 5 nitrogen and oxygen atoms in total. The summed E-state index contributed by atoms with van der Waals surface area (Å²) in [6, 6.07) is 0. The van der Waals surface area contributed by atoms with E-state index in [9.17, 15) is 43.2 Å². The van der Waals surface area contributed by atoms with Crippen molar-refractivity contribution in [2.75, 3.05) is 0 Å². The maximum Gasteiger partial charge on any atom is 0.550 e. The van der Waals surface area contributed by atoms with Gasteiger partial charge in [0.2, 0.25) is 0 Å². The first-order valence-corrected chi connectivity index (χ1v) is 5.77. The van der Waals surface area contributed by atoms with Crippen molar-refractivity contribution in [3.63, 3.8) is 0 Å². The Morgan fingerprint density at radius 2 is 0.875 bits per heavy atom. The molecule has 0 atom stereocenters. The van der Waals surface area contributed by atoms with Crippen molar-refractivity contribution in [1.82, 2.24) is 0 Å². The highest BCUT2D eigenvalue weighted by molar-refractivity contribution is 7.97. The van der Waals surface area contributed by atoms with Gasteiger partial charge in [0.15, 0.2) is 0 Å². The lowest BCUT2D eigenvalue weighted by Gasteiger charge is -2.07. The third-order valence-electron chi connectivity index (χ3n) is 0.899. The highest BCUT2D eigenvalue weighted by Gasteiger charge is 2.59. The predicted octanol–water partition coefficient (Wildman–Crippen LogP) is -3.75. The summed E-state index contributed by atoms with van der Waals surface area (Å²) in [6.45, 7) is 0. The van der Waals surface area contributed by atoms with Crippen LogP contribution in [-0.4, -0.2) is 27.9 Å². The van der Waals surface area contributed by atoms with Crippen LogP contribution in [-0.2, 0) is 20.0 Å². The van der Waals surface area contributed by atoms with Gasteiger partial charge in [0, 0.05) is 0 Å². The van der Waals surface area contributed by atoms with E-state index in [0.717, 1.165) is 0 Å². The number of hydrogen-bond acceptors (Lipinski definition) is 4. The molecule has 0 aliphatic carbocycles. The topological polar surface area (TPSA) is 84.9 Å². The first-order valence-electron chi connectivity index (χ1n) is 2.68. The zero-order chi connectivity index (χ0) is 12.7. The largest absolute Gasteiger partial charge is 1.00 e. The molecule has 0 aliphatic heterocycles. The molecule has 0 unspecified atom stereocenters. The lowest BCUT2D eigenvalue weighted by Crippen LogP contribution is -3.00. The van der Waals surface area contributed by atoms with E-state index in [2.05, 4.69) is 0 Å². The second-order valence-electron chi connectivity index (χ2n) is 2.08. The van der Waals surface area contributed by atoms with Crippen LogP contribution in [0.4, 0.5) is 26.3 Å². The molecule has 0 bridgehead atoms. The number of hydrogen-bond donors (Lipinski definition) is 1. The van der Waals surface area contributed by atoms with Crippen molar-refractivity contribution in [2.24, 2.45) is 0 Å². The number of alkyl halides is 6. The maximum absolute atomic E-state index is 11.5. The van der Waals surface area contributed by atoms with Gasteiger partial charge in [0.05, 0.1) is 0 Å². The fourth-order valence-corrected chi connectivity index (χ4v) is 2.48. The van der Waals surface area contributed by atoms with Crippen LogP contribution in [0, 0.1) is 0 Å². The first-order chi connectivity index (χ1) is 6.21. The van der Waals surface area contributed by atoms with Gasteiger partial charge >= 0.3 is 31.1 Å². The summed E-state index contributed by atoms with van der Waals surface area (Å²) in [5.41, 5.74) is -12.2. The first kappa shape index (κ1) is 17.8. The maximum atomic E-state index is 11.5. The summed E-state index contributed by atoms with van der Waals surface area (Å²) >= 11 is 0. The quantitative estimate of drug-likeness (QED) is 0.531. The number of sulfonamides is 2. The summed E-state index contributed by atoms with van der Waals surface area (Å²) in [4.78, 5) is 0. The van der Waals surface area contributed by atoms with Gasteiger partial charge in [-0.25, -0.2) is 0 Å². The number of nitrogens with two attached hydrogens (primary N) is 1. The molecule has 0 spiro atoms. The highest BCUT2D eigenvalue weighted by atomic mass is 32.3. The average molecular weight is 301 g/mol. The van der Waals surface area contributed by atoms with Crippen molar-refractivity contribution in [1.29, 1.82) is 0 Å². The van der Waals surface area contributed by atoms with E-state index in [0.29, 0.717) is 0 Å². The van der Waals surface area contributed by atoms with E-state index in [1.165, 1.54) is 0 Å². The molecular formula is C2H2F7NO4S2. The Balaban J connectivity index is 0. The highest BCUT2D eigenvalue weighted by Crippen LogP contribution is 2.22. The van der Waals surface area contributed by atoms with Crippen molar-refractivity contribution < 1.29 is 52.0 Å². The smallest absolute Gasteiger partial charge is 0.550 e. The Kier molecular flexibility index (Phi) is 4.80. The molecule has 0 saturated carbocycles. The molecular weight excluding hydrogens is 299 g/mol. The lowest BCUT2D eigenvalue weighted by molar-refractivity contribution is -0.343. The molecule has 0 rings (SSSR count). The van der Waals surface area contributed by atoms with E-state index in [-0.39, 0.29) is 4.70 Å². The van der Waals surface area contributed by atoms with E-state index >= 15 is 0 Å². The van der Waals surface area contributed by atoms with Crippen molar-refractivity contribution in [3.8, 4) is 0 Å². The summed E-state index contributed by atoms with van der Waals surface area (Å²) in [5.74, 6) is 0. The number of rotatable bonds is 2. The molecule has 2 N–H and O–H groups in total. The van der Waals surface area contributed by atoms with Gasteiger partial charge < -0.3 is 4.70 Å². The van der Waals surface area contributed by atoms with Gasteiger partial charge in [-0.15, -0.1) is 4.13 Å². The Hall–Kier alpha value is -0.630. The van der Waals surface area contributed by atoms with Crippen LogP contribution in [0.15, 0.2) is 0 Å². The molecule has 14 heteroatoms. The fraction of sp³-hybridized carbons (Fsp3) is 1.00. The molecule has 0 aromatic carbocycles. The fourth-order valence-electron chi connectivity index (χ4n) is 0.276. The molecule has 0 amide bonds. The SMILES string of the molecule is O=S(=O)([NH2+]S(=O)(=O)C(F)(F)F)C(F)(F)F.[F-]. The van der Waals surface area contributed by atoms with Crippen LogP contribution in [0.1, 0.15) is 0 Å². The van der Waals surface area contributed by atoms with Crippen molar-refractivity contribution in [2.45, 2.75) is 11.0 Å². The Labute approximate surface area is 83.9 Å². The van der Waals surface area contributed by atoms with Gasteiger partial charge in [-0.2, -0.15) is 43.2 Å². The standard InChI is InChI=1S/C2HF6NO4S2.FH/c3-1(4,5)14(10,11)9-15(12,13)2(6,7)8;/h9H;1H. The van der Waals surface area contributed by atoms with Gasteiger partial charge in [0.1, 0.15) is 0 Å². The summed E-state index contributed by atoms with van der Waals surface area (Å²) in [5, 5.41) is 0. The lowest BCUT2D eigenvalue weighted by atomic mass is 11.6. The van der Waals surface area contributed by atoms with Gasteiger partial charge in [-0.05, 0) is 0 Å². The number of halogens is 7. The van der Waals surface area contributed by atoms with Gasteiger partial charge in [-0.3, -0.25) is 0 Å². The number of quaternary nitrogens is 1. The van der Waals surface area contributed by atoms with Gasteiger partial charge in [-0.1, -0.05) is 0 Å². The monoisotopic (exact) mass is 301 g/mol. The van der Waals surface area contributed by atoms with E-state index in [1.54, 1.807) is 0 Å². The minimum Gasteiger partial charge on any atom is -1.00 e. The second kappa shape index (κ2) is 4.33. The molecule has 0 radical (unpaired) electrons. The molecule has 0 aromatic rings. The predicted molar refractivity (Wildman–Crippen MR) is 31.9 cm³/mol. The summed E-state index contributed by atoms with van der Waals surface area (Å²) in [6.07, 6.45) is 0. The average Bonchev–Trinajstić information content (AvgIpc) is 1.77. The molecule has 0 heterocycles. The summed E-state index contributed by atoms with van der Waals surface area (Å²) in [7, 11) is -12.9. The normalized spacial score (nSPS) is 14.4. The molecule has 100 valence electrons. The minimum atomic E-state index is -6.47. The molecule has 0 saturated heterocycles. The molecule has 16 heavy (non-hydrogen) atoms. The van der Waals surface area contributed by atoms with Crippen LogP contribution >= 0.6 is 0 Å². The molecule has 0 aromatic heterocycles. The van der Waals surface area contributed by atoms with Crippen LogP contribution in [0.2, 0.25) is 0 Å². The van der Waals surface area contributed by atoms with E-state index in [1.807, 2.05) is 0 Å². The Bertz CT molecular complexity index is 386. The zero-order valence-electron chi connectivity index (χ0n) is 6.67. The van der Waals surface area contributed by atoms with Crippen LogP contribution < -0.4 is 8.83 Å². The summed E-state index contributed by atoms with van der Waals surface area (Å²) < 4.78 is 107.